The first kappa shape index (κ1) is 20.4. The number of benzene rings is 2. The van der Waals surface area contributed by atoms with E-state index in [0.29, 0.717) is 17.9 Å². The van der Waals surface area contributed by atoms with Gasteiger partial charge in [-0.15, -0.1) is 0 Å². The van der Waals surface area contributed by atoms with Gasteiger partial charge in [0.25, 0.3) is 0 Å². The minimum absolute atomic E-state index is 0.165. The lowest BCUT2D eigenvalue weighted by molar-refractivity contribution is 0.0293. The monoisotopic (exact) mass is 426 g/mol. The molecule has 2 atom stereocenters. The lowest BCUT2D eigenvalue weighted by atomic mass is 9.94. The van der Waals surface area contributed by atoms with Crippen LogP contribution in [0.15, 0.2) is 60.9 Å². The molecule has 2 aliphatic heterocycles. The van der Waals surface area contributed by atoms with Crippen molar-refractivity contribution in [1.82, 2.24) is 14.9 Å². The van der Waals surface area contributed by atoms with Crippen molar-refractivity contribution in [2.75, 3.05) is 29.9 Å². The molecule has 32 heavy (non-hydrogen) atoms. The lowest BCUT2D eigenvalue weighted by Gasteiger charge is -2.43. The summed E-state index contributed by atoms with van der Waals surface area (Å²) >= 11 is 0. The molecule has 0 amide bonds. The molecule has 2 N–H and O–H groups in total. The minimum Gasteiger partial charge on any atom is -0.390 e. The zero-order chi connectivity index (χ0) is 21.9. The Morgan fingerprint density at radius 1 is 1.03 bits per heavy atom. The molecule has 2 aromatic carbocycles. The van der Waals surface area contributed by atoms with Crippen molar-refractivity contribution in [2.24, 2.45) is 0 Å². The number of aliphatic hydroxyl groups is 1. The highest BCUT2D eigenvalue weighted by molar-refractivity contribution is 5.60. The van der Waals surface area contributed by atoms with Crippen molar-refractivity contribution in [3.8, 4) is 6.07 Å². The molecule has 7 nitrogen and oxygen atoms in total. The predicted molar refractivity (Wildman–Crippen MR) is 124 cm³/mol. The van der Waals surface area contributed by atoms with E-state index < -0.39 is 6.10 Å². The van der Waals surface area contributed by atoms with Crippen molar-refractivity contribution in [3.05, 3.63) is 77.6 Å². The van der Waals surface area contributed by atoms with Gasteiger partial charge in [-0.3, -0.25) is 4.90 Å². The summed E-state index contributed by atoms with van der Waals surface area (Å²) in [6.07, 6.45) is 3.05. The first-order valence-corrected chi connectivity index (χ1v) is 11.0. The maximum Gasteiger partial charge on any atom is 0.135 e. The van der Waals surface area contributed by atoms with Gasteiger partial charge >= 0.3 is 0 Å². The third-order valence-electron chi connectivity index (χ3n) is 6.44. The first-order chi connectivity index (χ1) is 15.7. The molecular formula is C25H26N6O. The molecule has 0 aliphatic carbocycles. The Labute approximate surface area is 188 Å². The maximum atomic E-state index is 11.0. The molecule has 2 aliphatic rings. The summed E-state index contributed by atoms with van der Waals surface area (Å²) in [4.78, 5) is 13.3. The van der Waals surface area contributed by atoms with Gasteiger partial charge in [-0.1, -0.05) is 24.3 Å². The van der Waals surface area contributed by atoms with Crippen LogP contribution in [0.4, 0.5) is 17.3 Å². The summed E-state index contributed by atoms with van der Waals surface area (Å²) in [5.41, 5.74) is 4.28. The van der Waals surface area contributed by atoms with E-state index >= 15 is 0 Å². The molecule has 0 bridgehead atoms. The van der Waals surface area contributed by atoms with Gasteiger partial charge in [0.05, 0.1) is 17.7 Å². The van der Waals surface area contributed by atoms with E-state index in [1.807, 2.05) is 18.2 Å². The van der Waals surface area contributed by atoms with Crippen LogP contribution in [0.1, 0.15) is 23.1 Å². The van der Waals surface area contributed by atoms with Crippen LogP contribution < -0.4 is 10.2 Å². The van der Waals surface area contributed by atoms with Crippen LogP contribution >= 0.6 is 0 Å². The average Bonchev–Trinajstić information content (AvgIpc) is 2.84. The van der Waals surface area contributed by atoms with Gasteiger partial charge in [0, 0.05) is 44.0 Å². The fourth-order valence-corrected chi connectivity index (χ4v) is 4.72. The normalized spacial score (nSPS) is 20.9. The van der Waals surface area contributed by atoms with E-state index in [1.54, 1.807) is 18.5 Å². The fraction of sp³-hybridized carbons (Fsp3) is 0.320. The van der Waals surface area contributed by atoms with Crippen LogP contribution in [0.25, 0.3) is 0 Å². The Morgan fingerprint density at radius 2 is 1.84 bits per heavy atom. The SMILES string of the molecule is N#Cc1ccc(Nc2cc(N3CCC(N4CCc5ccccc5C4)C(O)C3)ncn2)cc1. The quantitative estimate of drug-likeness (QED) is 0.663. The standard InChI is InChI=1S/C25H26N6O/c26-14-18-5-7-21(8-6-18)29-24-13-25(28-17-27-24)31-12-10-22(23(32)16-31)30-11-9-19-3-1-2-4-20(19)15-30/h1-8,13,17,22-23,32H,9-12,15-16H2,(H,27,28,29). The highest BCUT2D eigenvalue weighted by atomic mass is 16.3. The fourth-order valence-electron chi connectivity index (χ4n) is 4.72. The van der Waals surface area contributed by atoms with Gasteiger partial charge in [-0.05, 0) is 48.2 Å². The summed E-state index contributed by atoms with van der Waals surface area (Å²) in [5, 5.41) is 23.2. The van der Waals surface area contributed by atoms with Crippen molar-refractivity contribution in [2.45, 2.75) is 31.5 Å². The second-order valence-electron chi connectivity index (χ2n) is 8.43. The van der Waals surface area contributed by atoms with E-state index in [2.05, 4.69) is 55.4 Å². The molecule has 1 fully saturated rings. The molecule has 3 aromatic rings. The van der Waals surface area contributed by atoms with E-state index in [0.717, 1.165) is 44.0 Å². The Morgan fingerprint density at radius 3 is 2.62 bits per heavy atom. The zero-order valence-corrected chi connectivity index (χ0v) is 17.9. The van der Waals surface area contributed by atoms with Gasteiger partial charge < -0.3 is 15.3 Å². The number of rotatable bonds is 4. The molecule has 2 unspecified atom stereocenters. The molecule has 162 valence electrons. The molecule has 3 heterocycles. The molecule has 5 rings (SSSR count). The number of aromatic nitrogens is 2. The van der Waals surface area contributed by atoms with E-state index in [4.69, 9.17) is 5.26 Å². The van der Waals surface area contributed by atoms with Crippen LogP contribution in [0.2, 0.25) is 0 Å². The zero-order valence-electron chi connectivity index (χ0n) is 17.9. The van der Waals surface area contributed by atoms with Crippen LogP contribution in [-0.2, 0) is 13.0 Å². The maximum absolute atomic E-state index is 11.0. The summed E-state index contributed by atoms with van der Waals surface area (Å²) in [6, 6.07) is 20.0. The van der Waals surface area contributed by atoms with Gasteiger partial charge in [-0.25, -0.2) is 9.97 Å². The van der Waals surface area contributed by atoms with E-state index in [-0.39, 0.29) is 6.04 Å². The van der Waals surface area contributed by atoms with Crippen molar-refractivity contribution >= 4 is 17.3 Å². The topological polar surface area (TPSA) is 88.3 Å². The van der Waals surface area contributed by atoms with Crippen LogP contribution in [0.3, 0.4) is 0 Å². The summed E-state index contributed by atoms with van der Waals surface area (Å²) in [5.74, 6) is 1.49. The number of nitriles is 1. The number of nitrogens with zero attached hydrogens (tertiary/aromatic N) is 5. The molecule has 7 heteroatoms. The van der Waals surface area contributed by atoms with Gasteiger partial charge in [0.1, 0.15) is 18.0 Å². The smallest absolute Gasteiger partial charge is 0.135 e. The number of fused-ring (bicyclic) bond motifs is 1. The van der Waals surface area contributed by atoms with Gasteiger partial charge in [-0.2, -0.15) is 5.26 Å². The minimum atomic E-state index is -0.432. The molecule has 0 radical (unpaired) electrons. The Hall–Kier alpha value is -3.47. The molecule has 1 aromatic heterocycles. The number of hydrogen-bond donors (Lipinski definition) is 2. The summed E-state index contributed by atoms with van der Waals surface area (Å²) in [6.45, 7) is 3.29. The predicted octanol–water partition coefficient (Wildman–Crippen LogP) is 3.09. The highest BCUT2D eigenvalue weighted by Gasteiger charge is 2.34. The van der Waals surface area contributed by atoms with Crippen molar-refractivity contribution in [1.29, 1.82) is 5.26 Å². The number of anilines is 3. The Kier molecular flexibility index (Phi) is 5.71. The van der Waals surface area contributed by atoms with Crippen LogP contribution in [0.5, 0.6) is 0 Å². The van der Waals surface area contributed by atoms with Crippen LogP contribution in [-0.4, -0.2) is 51.8 Å². The molecular weight excluding hydrogens is 400 g/mol. The summed E-state index contributed by atoms with van der Waals surface area (Å²) < 4.78 is 0. The molecule has 0 spiro atoms. The Balaban J connectivity index is 1.24. The third kappa shape index (κ3) is 4.28. The highest BCUT2D eigenvalue weighted by Crippen LogP contribution is 2.27. The van der Waals surface area contributed by atoms with Gasteiger partial charge in [0.2, 0.25) is 0 Å². The second kappa shape index (κ2) is 8.95. The summed E-state index contributed by atoms with van der Waals surface area (Å²) in [7, 11) is 0. The second-order valence-corrected chi connectivity index (χ2v) is 8.43. The number of β-amino-alcohol motifs (C(OH)–C–C–N with tert-alkyl or cyclic N) is 1. The largest absolute Gasteiger partial charge is 0.390 e. The van der Waals surface area contributed by atoms with E-state index in [1.165, 1.54) is 11.1 Å². The third-order valence-corrected chi connectivity index (χ3v) is 6.44. The number of hydrogen-bond acceptors (Lipinski definition) is 7. The average molecular weight is 427 g/mol. The molecule has 1 saturated heterocycles. The number of piperidine rings is 1. The number of aliphatic hydroxyl groups excluding tert-OH is 1. The van der Waals surface area contributed by atoms with E-state index in [9.17, 15) is 5.11 Å². The van der Waals surface area contributed by atoms with Crippen molar-refractivity contribution in [3.63, 3.8) is 0 Å². The Bertz CT molecular complexity index is 1130. The number of nitrogens with one attached hydrogen (secondary N) is 1. The van der Waals surface area contributed by atoms with Crippen LogP contribution in [0, 0.1) is 11.3 Å². The lowest BCUT2D eigenvalue weighted by Crippen LogP contribution is -2.55. The van der Waals surface area contributed by atoms with Gasteiger partial charge in [0.15, 0.2) is 0 Å². The van der Waals surface area contributed by atoms with Crippen molar-refractivity contribution < 1.29 is 5.11 Å². The molecule has 0 saturated carbocycles. The first-order valence-electron chi connectivity index (χ1n) is 11.0.